The lowest BCUT2D eigenvalue weighted by Gasteiger charge is -2.24. The molecule has 2 aromatic rings. The molecule has 0 radical (unpaired) electrons. The van der Waals surface area contributed by atoms with Gasteiger partial charge < -0.3 is 5.32 Å². The molecule has 1 aromatic carbocycles. The first-order chi connectivity index (χ1) is 12.8. The SMILES string of the molecule is Cc1ccc(C)c(-n2ccnc2S(=O)(=O)C(C)C(=O)NC2CCCCC2)c1. The average Bonchev–Trinajstić information content (AvgIpc) is 3.14. The molecule has 146 valence electrons. The van der Waals surface area contributed by atoms with Crippen molar-refractivity contribution in [3.05, 3.63) is 41.7 Å². The number of nitrogens with zero attached hydrogens (tertiary/aromatic N) is 2. The van der Waals surface area contributed by atoms with Crippen LogP contribution in [0.1, 0.15) is 50.2 Å². The average molecular weight is 390 g/mol. The number of aromatic nitrogens is 2. The van der Waals surface area contributed by atoms with E-state index in [2.05, 4.69) is 10.3 Å². The van der Waals surface area contributed by atoms with E-state index in [-0.39, 0.29) is 11.2 Å². The lowest BCUT2D eigenvalue weighted by atomic mass is 9.95. The molecule has 1 aromatic heterocycles. The molecule has 3 rings (SSSR count). The van der Waals surface area contributed by atoms with E-state index in [1.165, 1.54) is 19.5 Å². The third kappa shape index (κ3) is 4.08. The summed E-state index contributed by atoms with van der Waals surface area (Å²) in [6, 6.07) is 5.91. The smallest absolute Gasteiger partial charge is 0.238 e. The first-order valence-electron chi connectivity index (χ1n) is 9.46. The molecule has 1 fully saturated rings. The molecule has 1 aliphatic carbocycles. The van der Waals surface area contributed by atoms with Crippen molar-refractivity contribution in [1.29, 1.82) is 0 Å². The highest BCUT2D eigenvalue weighted by molar-refractivity contribution is 7.92. The van der Waals surface area contributed by atoms with Gasteiger partial charge in [0.25, 0.3) is 0 Å². The Balaban J connectivity index is 1.88. The normalized spacial score (nSPS) is 16.9. The zero-order valence-corrected chi connectivity index (χ0v) is 16.9. The van der Waals surface area contributed by atoms with Crippen molar-refractivity contribution in [2.24, 2.45) is 0 Å². The number of benzene rings is 1. The Labute approximate surface area is 160 Å². The number of nitrogens with one attached hydrogen (secondary N) is 1. The van der Waals surface area contributed by atoms with Gasteiger partial charge in [0.15, 0.2) is 0 Å². The van der Waals surface area contributed by atoms with E-state index in [0.717, 1.165) is 42.5 Å². The largest absolute Gasteiger partial charge is 0.352 e. The quantitative estimate of drug-likeness (QED) is 0.852. The summed E-state index contributed by atoms with van der Waals surface area (Å²) in [5.74, 6) is -0.447. The fourth-order valence-electron chi connectivity index (χ4n) is 3.53. The van der Waals surface area contributed by atoms with Gasteiger partial charge >= 0.3 is 0 Å². The van der Waals surface area contributed by atoms with E-state index in [1.807, 2.05) is 32.0 Å². The van der Waals surface area contributed by atoms with E-state index in [9.17, 15) is 13.2 Å². The number of hydrogen-bond donors (Lipinski definition) is 1. The van der Waals surface area contributed by atoms with Gasteiger partial charge in [-0.05, 0) is 50.8 Å². The van der Waals surface area contributed by atoms with Crippen molar-refractivity contribution in [1.82, 2.24) is 14.9 Å². The molecule has 1 heterocycles. The van der Waals surface area contributed by atoms with Crippen LogP contribution in [0.15, 0.2) is 35.7 Å². The molecule has 0 spiro atoms. The number of rotatable bonds is 5. The molecule has 1 unspecified atom stereocenters. The van der Waals surface area contributed by atoms with Crippen molar-refractivity contribution in [2.45, 2.75) is 69.3 Å². The maximum Gasteiger partial charge on any atom is 0.238 e. The van der Waals surface area contributed by atoms with Gasteiger partial charge in [-0.15, -0.1) is 0 Å². The van der Waals surface area contributed by atoms with E-state index in [1.54, 1.807) is 10.8 Å². The summed E-state index contributed by atoms with van der Waals surface area (Å²) >= 11 is 0. The van der Waals surface area contributed by atoms with Crippen LogP contribution in [0.5, 0.6) is 0 Å². The Hall–Kier alpha value is -2.15. The van der Waals surface area contributed by atoms with Crippen LogP contribution in [-0.4, -0.2) is 35.2 Å². The Kier molecular flexibility index (Phi) is 5.69. The fraction of sp³-hybridized carbons (Fsp3) is 0.500. The molecule has 7 heteroatoms. The summed E-state index contributed by atoms with van der Waals surface area (Å²) in [5.41, 5.74) is 2.72. The molecule has 0 bridgehead atoms. The van der Waals surface area contributed by atoms with Crippen molar-refractivity contribution in [3.63, 3.8) is 0 Å². The van der Waals surface area contributed by atoms with Gasteiger partial charge in [-0.1, -0.05) is 31.4 Å². The molecule has 1 aliphatic rings. The first-order valence-corrected chi connectivity index (χ1v) is 11.0. The summed E-state index contributed by atoms with van der Waals surface area (Å²) in [4.78, 5) is 16.7. The van der Waals surface area contributed by atoms with Crippen LogP contribution in [0.2, 0.25) is 0 Å². The van der Waals surface area contributed by atoms with Crippen molar-refractivity contribution < 1.29 is 13.2 Å². The zero-order chi connectivity index (χ0) is 19.6. The van der Waals surface area contributed by atoms with Gasteiger partial charge in [0.1, 0.15) is 5.25 Å². The third-order valence-electron chi connectivity index (χ3n) is 5.27. The highest BCUT2D eigenvalue weighted by Gasteiger charge is 2.34. The van der Waals surface area contributed by atoms with E-state index in [0.29, 0.717) is 0 Å². The summed E-state index contributed by atoms with van der Waals surface area (Å²) in [7, 11) is -3.91. The number of aryl methyl sites for hydroxylation is 2. The van der Waals surface area contributed by atoms with Crippen LogP contribution in [-0.2, 0) is 14.6 Å². The number of hydrogen-bond acceptors (Lipinski definition) is 4. The summed E-state index contributed by atoms with van der Waals surface area (Å²) in [6.07, 6.45) is 8.23. The molecule has 1 amide bonds. The highest BCUT2D eigenvalue weighted by atomic mass is 32.2. The summed E-state index contributed by atoms with van der Waals surface area (Å²) in [6.45, 7) is 5.31. The highest BCUT2D eigenvalue weighted by Crippen LogP contribution is 2.23. The van der Waals surface area contributed by atoms with Gasteiger partial charge in [-0.3, -0.25) is 9.36 Å². The van der Waals surface area contributed by atoms with E-state index >= 15 is 0 Å². The lowest BCUT2D eigenvalue weighted by molar-refractivity contribution is -0.121. The predicted molar refractivity (Wildman–Crippen MR) is 105 cm³/mol. The second-order valence-electron chi connectivity index (χ2n) is 7.40. The number of imidazole rings is 1. The molecule has 1 atom stereocenters. The van der Waals surface area contributed by atoms with Crippen LogP contribution < -0.4 is 5.32 Å². The van der Waals surface area contributed by atoms with Crippen molar-refractivity contribution >= 4 is 15.7 Å². The first kappa shape index (κ1) is 19.6. The second-order valence-corrected chi connectivity index (χ2v) is 9.56. The molecule has 1 N–H and O–H groups in total. The Morgan fingerprint density at radius 2 is 1.93 bits per heavy atom. The molecule has 6 nitrogen and oxygen atoms in total. The van der Waals surface area contributed by atoms with E-state index in [4.69, 9.17) is 0 Å². The Bertz CT molecular complexity index is 928. The fourth-order valence-corrected chi connectivity index (χ4v) is 4.83. The zero-order valence-electron chi connectivity index (χ0n) is 16.1. The van der Waals surface area contributed by atoms with Gasteiger partial charge in [-0.2, -0.15) is 0 Å². The Morgan fingerprint density at radius 3 is 2.63 bits per heavy atom. The third-order valence-corrected chi connectivity index (χ3v) is 7.23. The van der Waals surface area contributed by atoms with Gasteiger partial charge in [-0.25, -0.2) is 13.4 Å². The molecule has 1 saturated carbocycles. The molecular weight excluding hydrogens is 362 g/mol. The molecule has 0 aliphatic heterocycles. The summed E-state index contributed by atoms with van der Waals surface area (Å²) in [5, 5.41) is 1.63. The van der Waals surface area contributed by atoms with Crippen LogP contribution in [0.3, 0.4) is 0 Å². The number of carbonyl (C=O) groups is 1. The van der Waals surface area contributed by atoms with Gasteiger partial charge in [0, 0.05) is 18.4 Å². The minimum atomic E-state index is -3.91. The number of carbonyl (C=O) groups excluding carboxylic acids is 1. The van der Waals surface area contributed by atoms with Gasteiger partial charge in [0.2, 0.25) is 20.9 Å². The second kappa shape index (κ2) is 7.84. The lowest BCUT2D eigenvalue weighted by Crippen LogP contribution is -2.44. The van der Waals surface area contributed by atoms with Crippen LogP contribution in [0.4, 0.5) is 0 Å². The minimum Gasteiger partial charge on any atom is -0.352 e. The maximum absolute atomic E-state index is 13.1. The van der Waals surface area contributed by atoms with Crippen molar-refractivity contribution in [2.75, 3.05) is 0 Å². The predicted octanol–water partition coefficient (Wildman–Crippen LogP) is 3.10. The maximum atomic E-state index is 13.1. The minimum absolute atomic E-state index is 0.0719. The topological polar surface area (TPSA) is 81.1 Å². The van der Waals surface area contributed by atoms with Crippen LogP contribution >= 0.6 is 0 Å². The Morgan fingerprint density at radius 1 is 1.22 bits per heavy atom. The molecule has 27 heavy (non-hydrogen) atoms. The standard InChI is InChI=1S/C20H27N3O3S/c1-14-9-10-15(2)18(13-14)23-12-11-21-20(23)27(25,26)16(3)19(24)22-17-7-5-4-6-8-17/h9-13,16-17H,4-8H2,1-3H3,(H,22,24). The van der Waals surface area contributed by atoms with Crippen LogP contribution in [0, 0.1) is 13.8 Å². The van der Waals surface area contributed by atoms with Crippen molar-refractivity contribution in [3.8, 4) is 5.69 Å². The molecular formula is C20H27N3O3S. The number of sulfone groups is 1. The summed E-state index contributed by atoms with van der Waals surface area (Å²) < 4.78 is 27.8. The van der Waals surface area contributed by atoms with Gasteiger partial charge in [0.05, 0.1) is 5.69 Å². The van der Waals surface area contributed by atoms with E-state index < -0.39 is 21.0 Å². The van der Waals surface area contributed by atoms with Crippen LogP contribution in [0.25, 0.3) is 5.69 Å². The monoisotopic (exact) mass is 389 g/mol. The number of amides is 1. The molecule has 0 saturated heterocycles.